The van der Waals surface area contributed by atoms with Crippen molar-refractivity contribution in [3.8, 4) is 11.5 Å². The Bertz CT molecular complexity index is 731. The highest BCUT2D eigenvalue weighted by molar-refractivity contribution is 9.10. The molecule has 0 aliphatic carbocycles. The molecule has 2 aromatic carbocycles. The van der Waals surface area contributed by atoms with Crippen molar-refractivity contribution in [1.82, 2.24) is 0 Å². The quantitative estimate of drug-likeness (QED) is 0.555. The molecule has 0 atom stereocenters. The van der Waals surface area contributed by atoms with Crippen LogP contribution in [0.2, 0.25) is 0 Å². The van der Waals surface area contributed by atoms with Crippen LogP contribution in [0.15, 0.2) is 34.8 Å². The van der Waals surface area contributed by atoms with E-state index in [0.717, 1.165) is 15.6 Å². The molecule has 0 N–H and O–H groups in total. The van der Waals surface area contributed by atoms with Crippen LogP contribution in [-0.2, 0) is 11.3 Å². The van der Waals surface area contributed by atoms with Gasteiger partial charge in [0.1, 0.15) is 23.9 Å². The fourth-order valence-electron chi connectivity index (χ4n) is 1.92. The van der Waals surface area contributed by atoms with Gasteiger partial charge in [-0.1, -0.05) is 6.07 Å². The summed E-state index contributed by atoms with van der Waals surface area (Å²) in [6.07, 6.45) is -0.913. The SMILES string of the molecule is COC(=O)Oc1cccc(F)c1COc1cc(C)c(C)cc1Br. The van der Waals surface area contributed by atoms with Crippen LogP contribution >= 0.6 is 15.9 Å². The van der Waals surface area contributed by atoms with E-state index in [0.29, 0.717) is 5.75 Å². The molecule has 4 nitrogen and oxygen atoms in total. The standard InChI is InChI=1S/C17H16BrFO4/c1-10-7-13(18)16(8-11(10)2)22-9-12-14(19)5-4-6-15(12)23-17(20)21-3/h4-8H,9H2,1-3H3. The average Bonchev–Trinajstić information content (AvgIpc) is 2.51. The maximum atomic E-state index is 14.0. The predicted octanol–water partition coefficient (Wildman–Crippen LogP) is 4.93. The first-order chi connectivity index (χ1) is 10.9. The molecule has 0 unspecified atom stereocenters. The first kappa shape index (κ1) is 17.3. The lowest BCUT2D eigenvalue weighted by Gasteiger charge is -2.13. The van der Waals surface area contributed by atoms with Crippen LogP contribution in [0, 0.1) is 19.7 Å². The minimum Gasteiger partial charge on any atom is -0.487 e. The number of carbonyl (C=O) groups is 1. The first-order valence-electron chi connectivity index (χ1n) is 6.85. The topological polar surface area (TPSA) is 44.8 Å². The van der Waals surface area contributed by atoms with Gasteiger partial charge in [-0.2, -0.15) is 0 Å². The Labute approximate surface area is 142 Å². The Morgan fingerprint density at radius 2 is 1.87 bits per heavy atom. The van der Waals surface area contributed by atoms with E-state index in [4.69, 9.17) is 9.47 Å². The highest BCUT2D eigenvalue weighted by Crippen LogP contribution is 2.30. The lowest BCUT2D eigenvalue weighted by Crippen LogP contribution is -2.11. The number of aryl methyl sites for hydroxylation is 2. The summed E-state index contributed by atoms with van der Waals surface area (Å²) in [5.74, 6) is 0.128. The Kier molecular flexibility index (Phi) is 5.60. The minimum absolute atomic E-state index is 0.0665. The first-order valence-corrected chi connectivity index (χ1v) is 7.64. The minimum atomic E-state index is -0.913. The van der Waals surface area contributed by atoms with Gasteiger partial charge in [-0.25, -0.2) is 9.18 Å². The molecular formula is C17H16BrFO4. The summed E-state index contributed by atoms with van der Waals surface area (Å²) in [4.78, 5) is 11.2. The fourth-order valence-corrected chi connectivity index (χ4v) is 2.49. The largest absolute Gasteiger partial charge is 0.513 e. The summed E-state index contributed by atoms with van der Waals surface area (Å²) in [5.41, 5.74) is 2.32. The number of benzene rings is 2. The molecule has 0 fully saturated rings. The van der Waals surface area contributed by atoms with Crippen LogP contribution in [0.1, 0.15) is 16.7 Å². The Hall–Kier alpha value is -2.08. The summed E-state index contributed by atoms with van der Waals surface area (Å²) < 4.78 is 29.8. The van der Waals surface area contributed by atoms with Gasteiger partial charge in [0.2, 0.25) is 0 Å². The van der Waals surface area contributed by atoms with Gasteiger partial charge < -0.3 is 14.2 Å². The molecule has 0 heterocycles. The lowest BCUT2D eigenvalue weighted by atomic mass is 10.1. The molecule has 0 saturated heterocycles. The van der Waals surface area contributed by atoms with Gasteiger partial charge >= 0.3 is 6.16 Å². The van der Waals surface area contributed by atoms with Crippen molar-refractivity contribution in [3.05, 3.63) is 57.3 Å². The Morgan fingerprint density at radius 1 is 1.17 bits per heavy atom. The monoisotopic (exact) mass is 382 g/mol. The van der Waals surface area contributed by atoms with Crippen molar-refractivity contribution in [2.75, 3.05) is 7.11 Å². The van der Waals surface area contributed by atoms with E-state index in [2.05, 4.69) is 20.7 Å². The molecule has 0 spiro atoms. The molecule has 122 valence electrons. The van der Waals surface area contributed by atoms with Crippen molar-refractivity contribution in [3.63, 3.8) is 0 Å². The molecule has 0 bridgehead atoms. The molecule has 0 aromatic heterocycles. The number of rotatable bonds is 4. The zero-order valence-electron chi connectivity index (χ0n) is 13.0. The van der Waals surface area contributed by atoms with E-state index in [-0.39, 0.29) is 17.9 Å². The molecule has 0 aliphatic rings. The molecule has 2 aromatic rings. The second-order valence-electron chi connectivity index (χ2n) is 4.93. The number of halogens is 2. The highest BCUT2D eigenvalue weighted by Gasteiger charge is 2.15. The summed E-state index contributed by atoms with van der Waals surface area (Å²) in [6.45, 7) is 3.87. The number of ether oxygens (including phenoxy) is 3. The maximum Gasteiger partial charge on any atom is 0.513 e. The number of hydrogen-bond donors (Lipinski definition) is 0. The van der Waals surface area contributed by atoms with E-state index >= 15 is 0 Å². The third-order valence-corrected chi connectivity index (χ3v) is 3.98. The predicted molar refractivity (Wildman–Crippen MR) is 87.4 cm³/mol. The van der Waals surface area contributed by atoms with Crippen molar-refractivity contribution >= 4 is 22.1 Å². The normalized spacial score (nSPS) is 10.3. The van der Waals surface area contributed by atoms with Crippen molar-refractivity contribution < 1.29 is 23.4 Å². The van der Waals surface area contributed by atoms with Gasteiger partial charge in [-0.15, -0.1) is 0 Å². The smallest absolute Gasteiger partial charge is 0.487 e. The summed E-state index contributed by atoms with van der Waals surface area (Å²) in [6, 6.07) is 7.99. The van der Waals surface area contributed by atoms with Crippen LogP contribution in [0.5, 0.6) is 11.5 Å². The molecule has 0 saturated carbocycles. The van der Waals surface area contributed by atoms with E-state index in [1.54, 1.807) is 0 Å². The van der Waals surface area contributed by atoms with Crippen LogP contribution in [-0.4, -0.2) is 13.3 Å². The number of hydrogen-bond acceptors (Lipinski definition) is 4. The average molecular weight is 383 g/mol. The lowest BCUT2D eigenvalue weighted by molar-refractivity contribution is 0.120. The van der Waals surface area contributed by atoms with Crippen molar-refractivity contribution in [2.45, 2.75) is 20.5 Å². The Morgan fingerprint density at radius 3 is 2.57 bits per heavy atom. The van der Waals surface area contributed by atoms with Crippen LogP contribution in [0.3, 0.4) is 0 Å². The van der Waals surface area contributed by atoms with E-state index in [9.17, 15) is 9.18 Å². The van der Waals surface area contributed by atoms with E-state index in [1.165, 1.54) is 25.3 Å². The van der Waals surface area contributed by atoms with Gasteiger partial charge in [-0.3, -0.25) is 0 Å². The molecule has 0 aliphatic heterocycles. The van der Waals surface area contributed by atoms with Gasteiger partial charge in [0.15, 0.2) is 0 Å². The number of carbonyl (C=O) groups excluding carboxylic acids is 1. The zero-order valence-corrected chi connectivity index (χ0v) is 14.6. The van der Waals surface area contributed by atoms with Crippen LogP contribution in [0.25, 0.3) is 0 Å². The maximum absolute atomic E-state index is 14.0. The number of methoxy groups -OCH3 is 1. The Balaban J connectivity index is 2.23. The van der Waals surface area contributed by atoms with Crippen LogP contribution in [0.4, 0.5) is 9.18 Å². The van der Waals surface area contributed by atoms with E-state index < -0.39 is 12.0 Å². The van der Waals surface area contributed by atoms with Gasteiger partial charge in [-0.05, 0) is 65.2 Å². The highest BCUT2D eigenvalue weighted by atomic mass is 79.9. The zero-order chi connectivity index (χ0) is 17.0. The van der Waals surface area contributed by atoms with Crippen LogP contribution < -0.4 is 9.47 Å². The summed E-state index contributed by atoms with van der Waals surface area (Å²) >= 11 is 3.42. The molecule has 0 radical (unpaired) electrons. The molecule has 23 heavy (non-hydrogen) atoms. The third kappa shape index (κ3) is 4.22. The van der Waals surface area contributed by atoms with Gasteiger partial charge in [0.05, 0.1) is 17.1 Å². The van der Waals surface area contributed by atoms with Gasteiger partial charge in [0.25, 0.3) is 0 Å². The second-order valence-corrected chi connectivity index (χ2v) is 5.78. The second kappa shape index (κ2) is 7.46. The van der Waals surface area contributed by atoms with Gasteiger partial charge in [0, 0.05) is 0 Å². The fraction of sp³-hybridized carbons (Fsp3) is 0.235. The van der Waals surface area contributed by atoms with Crippen molar-refractivity contribution in [2.24, 2.45) is 0 Å². The summed E-state index contributed by atoms with van der Waals surface area (Å²) in [7, 11) is 1.18. The van der Waals surface area contributed by atoms with E-state index in [1.807, 2.05) is 26.0 Å². The van der Waals surface area contributed by atoms with Crippen molar-refractivity contribution in [1.29, 1.82) is 0 Å². The summed E-state index contributed by atoms with van der Waals surface area (Å²) in [5, 5.41) is 0. The molecule has 6 heteroatoms. The molecule has 0 amide bonds. The molecule has 2 rings (SSSR count). The third-order valence-electron chi connectivity index (χ3n) is 3.36. The molecular weight excluding hydrogens is 367 g/mol.